The van der Waals surface area contributed by atoms with Crippen molar-refractivity contribution >= 4 is 0 Å². The number of rotatable bonds is 9. The molecule has 2 saturated carbocycles. The molecule has 0 bridgehead atoms. The van der Waals surface area contributed by atoms with Crippen molar-refractivity contribution in [2.75, 3.05) is 13.1 Å². The van der Waals surface area contributed by atoms with Crippen LogP contribution in [0.5, 0.6) is 0 Å². The third kappa shape index (κ3) is 5.08. The van der Waals surface area contributed by atoms with Gasteiger partial charge in [-0.1, -0.05) is 19.9 Å². The molecule has 2 fully saturated rings. The van der Waals surface area contributed by atoms with Crippen LogP contribution in [-0.2, 0) is 13.1 Å². The highest BCUT2D eigenvalue weighted by Gasteiger charge is 2.33. The summed E-state index contributed by atoms with van der Waals surface area (Å²) in [5, 5.41) is 3.48. The van der Waals surface area contributed by atoms with Crippen LogP contribution in [0.2, 0.25) is 0 Å². The van der Waals surface area contributed by atoms with Crippen LogP contribution in [0, 0.1) is 11.8 Å². The van der Waals surface area contributed by atoms with E-state index in [1.807, 2.05) is 0 Å². The highest BCUT2D eigenvalue weighted by molar-refractivity contribution is 5.12. The number of nitrogens with one attached hydrogen (secondary N) is 1. The maximum absolute atomic E-state index is 4.84. The first-order valence-corrected chi connectivity index (χ1v) is 8.60. The molecule has 1 aromatic heterocycles. The molecule has 0 saturated heterocycles. The van der Waals surface area contributed by atoms with Crippen molar-refractivity contribution in [3.63, 3.8) is 0 Å². The summed E-state index contributed by atoms with van der Waals surface area (Å²) in [6.07, 6.45) is 5.66. The second kappa shape index (κ2) is 6.89. The Labute approximate surface area is 129 Å². The minimum atomic E-state index is 0.692. The first-order chi connectivity index (χ1) is 10.2. The number of aromatic nitrogens is 1. The quantitative estimate of drug-likeness (QED) is 0.756. The summed E-state index contributed by atoms with van der Waals surface area (Å²) in [5.74, 6) is 1.67. The van der Waals surface area contributed by atoms with Crippen molar-refractivity contribution in [3.8, 4) is 0 Å². The van der Waals surface area contributed by atoms with Crippen LogP contribution in [-0.4, -0.2) is 29.0 Å². The highest BCUT2D eigenvalue weighted by Crippen LogP contribution is 2.35. The van der Waals surface area contributed by atoms with Crippen LogP contribution in [0.3, 0.4) is 0 Å². The van der Waals surface area contributed by atoms with Crippen molar-refractivity contribution in [1.29, 1.82) is 0 Å². The molecule has 3 rings (SSSR count). The third-order valence-corrected chi connectivity index (χ3v) is 4.34. The van der Waals surface area contributed by atoms with E-state index >= 15 is 0 Å². The topological polar surface area (TPSA) is 28.2 Å². The Morgan fingerprint density at radius 3 is 2.62 bits per heavy atom. The minimum absolute atomic E-state index is 0.692. The Morgan fingerprint density at radius 2 is 1.95 bits per heavy atom. The molecule has 0 spiro atoms. The molecule has 0 aromatic carbocycles. The van der Waals surface area contributed by atoms with E-state index in [-0.39, 0.29) is 0 Å². The predicted octanol–water partition coefficient (Wildman–Crippen LogP) is 3.20. The van der Waals surface area contributed by atoms with E-state index in [0.29, 0.717) is 5.92 Å². The number of nitrogens with zero attached hydrogens (tertiary/aromatic N) is 2. The predicted molar refractivity (Wildman–Crippen MR) is 86.9 cm³/mol. The van der Waals surface area contributed by atoms with Gasteiger partial charge in [0.15, 0.2) is 0 Å². The SMILES string of the molecule is CC(C)CNCc1cccc(CN(CC2CC2)C2CC2)n1. The Hall–Kier alpha value is -0.930. The molecule has 1 N–H and O–H groups in total. The van der Waals surface area contributed by atoms with Gasteiger partial charge in [-0.05, 0) is 56.2 Å². The number of pyridine rings is 1. The molecule has 21 heavy (non-hydrogen) atoms. The lowest BCUT2D eigenvalue weighted by molar-refractivity contribution is 0.241. The van der Waals surface area contributed by atoms with Gasteiger partial charge >= 0.3 is 0 Å². The van der Waals surface area contributed by atoms with Gasteiger partial charge in [0.25, 0.3) is 0 Å². The van der Waals surface area contributed by atoms with Crippen LogP contribution in [0.25, 0.3) is 0 Å². The Morgan fingerprint density at radius 1 is 1.19 bits per heavy atom. The molecule has 2 aliphatic carbocycles. The Balaban J connectivity index is 1.53. The molecule has 2 aliphatic rings. The summed E-state index contributed by atoms with van der Waals surface area (Å²) >= 11 is 0. The van der Waals surface area contributed by atoms with Crippen LogP contribution < -0.4 is 5.32 Å². The van der Waals surface area contributed by atoms with Crippen molar-refractivity contribution in [2.45, 2.75) is 58.7 Å². The summed E-state index contributed by atoms with van der Waals surface area (Å²) in [6.45, 7) is 8.76. The lowest BCUT2D eigenvalue weighted by Crippen LogP contribution is -2.28. The van der Waals surface area contributed by atoms with E-state index in [1.54, 1.807) is 0 Å². The van der Waals surface area contributed by atoms with Crippen molar-refractivity contribution < 1.29 is 0 Å². The molecule has 0 radical (unpaired) electrons. The molecular weight excluding hydrogens is 258 g/mol. The van der Waals surface area contributed by atoms with Crippen LogP contribution in [0.15, 0.2) is 18.2 Å². The average molecular weight is 287 g/mol. The lowest BCUT2D eigenvalue weighted by atomic mass is 10.2. The molecule has 0 amide bonds. The van der Waals surface area contributed by atoms with Gasteiger partial charge in [0, 0.05) is 25.7 Å². The smallest absolute Gasteiger partial charge is 0.0547 e. The van der Waals surface area contributed by atoms with Crippen LogP contribution in [0.4, 0.5) is 0 Å². The van der Waals surface area contributed by atoms with Crippen molar-refractivity contribution in [3.05, 3.63) is 29.6 Å². The zero-order valence-corrected chi connectivity index (χ0v) is 13.5. The van der Waals surface area contributed by atoms with Gasteiger partial charge in [-0.3, -0.25) is 9.88 Å². The average Bonchev–Trinajstić information content (AvgIpc) is 3.32. The van der Waals surface area contributed by atoms with Crippen LogP contribution >= 0.6 is 0 Å². The summed E-state index contributed by atoms with van der Waals surface area (Å²) in [7, 11) is 0. The normalized spacial score (nSPS) is 18.7. The highest BCUT2D eigenvalue weighted by atomic mass is 15.2. The number of hydrogen-bond donors (Lipinski definition) is 1. The molecular formula is C18H29N3. The maximum Gasteiger partial charge on any atom is 0.0547 e. The zero-order chi connectivity index (χ0) is 14.7. The first kappa shape index (κ1) is 15.0. The summed E-state index contributed by atoms with van der Waals surface area (Å²) in [4.78, 5) is 7.52. The van der Waals surface area contributed by atoms with Crippen molar-refractivity contribution in [2.24, 2.45) is 11.8 Å². The first-order valence-electron chi connectivity index (χ1n) is 8.60. The molecule has 116 valence electrons. The molecule has 3 heteroatoms. The fourth-order valence-corrected chi connectivity index (χ4v) is 2.83. The van der Waals surface area contributed by atoms with Gasteiger partial charge in [0.05, 0.1) is 11.4 Å². The van der Waals surface area contributed by atoms with Crippen LogP contribution in [0.1, 0.15) is 50.9 Å². The van der Waals surface area contributed by atoms with E-state index in [1.165, 1.54) is 43.6 Å². The minimum Gasteiger partial charge on any atom is -0.311 e. The van der Waals surface area contributed by atoms with E-state index in [2.05, 4.69) is 42.3 Å². The largest absolute Gasteiger partial charge is 0.311 e. The Kier molecular flexibility index (Phi) is 4.91. The summed E-state index contributed by atoms with van der Waals surface area (Å²) < 4.78 is 0. The molecule has 0 unspecified atom stereocenters. The molecule has 0 aliphatic heterocycles. The summed E-state index contributed by atoms with van der Waals surface area (Å²) in [5.41, 5.74) is 2.42. The van der Waals surface area contributed by atoms with E-state index in [0.717, 1.165) is 31.6 Å². The molecule has 1 heterocycles. The zero-order valence-electron chi connectivity index (χ0n) is 13.5. The monoisotopic (exact) mass is 287 g/mol. The maximum atomic E-state index is 4.84. The van der Waals surface area contributed by atoms with Gasteiger partial charge in [0.2, 0.25) is 0 Å². The second-order valence-corrected chi connectivity index (χ2v) is 7.25. The van der Waals surface area contributed by atoms with Gasteiger partial charge in [-0.15, -0.1) is 0 Å². The van der Waals surface area contributed by atoms with Gasteiger partial charge in [-0.25, -0.2) is 0 Å². The summed E-state index contributed by atoms with van der Waals surface area (Å²) in [6, 6.07) is 7.33. The van der Waals surface area contributed by atoms with Gasteiger partial charge < -0.3 is 5.32 Å². The van der Waals surface area contributed by atoms with E-state index < -0.39 is 0 Å². The standard InChI is InChI=1S/C18H29N3/c1-14(2)10-19-11-16-4-3-5-17(20-16)13-21(18-8-9-18)12-15-6-7-15/h3-5,14-15,18-19H,6-13H2,1-2H3. The number of hydrogen-bond acceptors (Lipinski definition) is 3. The van der Waals surface area contributed by atoms with E-state index in [4.69, 9.17) is 4.98 Å². The third-order valence-electron chi connectivity index (χ3n) is 4.34. The fourth-order valence-electron chi connectivity index (χ4n) is 2.83. The fraction of sp³-hybridized carbons (Fsp3) is 0.722. The van der Waals surface area contributed by atoms with Crippen molar-refractivity contribution in [1.82, 2.24) is 15.2 Å². The second-order valence-electron chi connectivity index (χ2n) is 7.25. The van der Waals surface area contributed by atoms with E-state index in [9.17, 15) is 0 Å². The lowest BCUT2D eigenvalue weighted by Gasteiger charge is -2.21. The Bertz CT molecular complexity index is 450. The molecule has 3 nitrogen and oxygen atoms in total. The van der Waals surface area contributed by atoms with Gasteiger partial charge in [0.1, 0.15) is 0 Å². The molecule has 1 aromatic rings. The van der Waals surface area contributed by atoms with Gasteiger partial charge in [-0.2, -0.15) is 0 Å². The molecule has 0 atom stereocenters.